The first kappa shape index (κ1) is 11.1. The first-order valence-corrected chi connectivity index (χ1v) is 4.38. The summed E-state index contributed by atoms with van der Waals surface area (Å²) in [6.45, 7) is 0.466. The van der Waals surface area contributed by atoms with Crippen molar-refractivity contribution in [1.82, 2.24) is 5.32 Å². The monoisotopic (exact) mass is 207 g/mol. The Morgan fingerprint density at radius 2 is 2.07 bits per heavy atom. The fourth-order valence-corrected chi connectivity index (χ4v) is 1.02. The molecule has 0 saturated carbocycles. The van der Waals surface area contributed by atoms with Crippen molar-refractivity contribution in [3.63, 3.8) is 0 Å². The number of hydrogen-bond acceptors (Lipinski definition) is 2. The third-order valence-electron chi connectivity index (χ3n) is 1.71. The molecule has 0 atom stereocenters. The van der Waals surface area contributed by atoms with Crippen LogP contribution >= 0.6 is 0 Å². The third-order valence-corrected chi connectivity index (χ3v) is 1.71. The van der Waals surface area contributed by atoms with Gasteiger partial charge in [0, 0.05) is 19.5 Å². The van der Waals surface area contributed by atoms with E-state index in [0.29, 0.717) is 13.0 Å². The molecule has 0 unspecified atom stereocenters. The van der Waals surface area contributed by atoms with Gasteiger partial charge in [0.25, 0.3) is 0 Å². The molecule has 1 rings (SSSR count). The molecule has 0 bridgehead atoms. The Balaban J connectivity index is 2.00. The van der Waals surface area contributed by atoms with Crippen LogP contribution in [0.25, 0.3) is 0 Å². The minimum absolute atomic E-state index is 0.0375. The van der Waals surface area contributed by atoms with E-state index < -0.39 is 12.6 Å². The van der Waals surface area contributed by atoms with Gasteiger partial charge < -0.3 is 9.73 Å². The summed E-state index contributed by atoms with van der Waals surface area (Å²) in [4.78, 5) is 0. The van der Waals surface area contributed by atoms with Gasteiger partial charge in [0.1, 0.15) is 5.76 Å². The minimum Gasteiger partial charge on any atom is -0.469 e. The van der Waals surface area contributed by atoms with Gasteiger partial charge in [-0.3, -0.25) is 0 Å². The van der Waals surface area contributed by atoms with Crippen molar-refractivity contribution in [2.45, 2.75) is 19.0 Å². The molecule has 1 N–H and O–H groups in total. The first-order chi connectivity index (χ1) is 6.58. The van der Waals surface area contributed by atoms with Crippen LogP contribution in [0.15, 0.2) is 22.8 Å². The lowest BCUT2D eigenvalue weighted by molar-refractivity contribution is -0.133. The van der Waals surface area contributed by atoms with Crippen LogP contribution in [0.4, 0.5) is 13.2 Å². The smallest absolute Gasteiger partial charge is 0.390 e. The van der Waals surface area contributed by atoms with Crippen LogP contribution in [0, 0.1) is 0 Å². The van der Waals surface area contributed by atoms with Gasteiger partial charge in [0.2, 0.25) is 0 Å². The van der Waals surface area contributed by atoms with Gasteiger partial charge >= 0.3 is 6.18 Å². The summed E-state index contributed by atoms with van der Waals surface area (Å²) in [7, 11) is 0. The molecule has 0 aliphatic heterocycles. The van der Waals surface area contributed by atoms with Crippen LogP contribution in [-0.4, -0.2) is 19.3 Å². The number of hydrogen-bond donors (Lipinski definition) is 1. The highest BCUT2D eigenvalue weighted by molar-refractivity contribution is 4.98. The minimum atomic E-state index is -4.07. The fourth-order valence-electron chi connectivity index (χ4n) is 1.02. The number of rotatable bonds is 5. The summed E-state index contributed by atoms with van der Waals surface area (Å²) >= 11 is 0. The van der Waals surface area contributed by atoms with Crippen molar-refractivity contribution < 1.29 is 17.6 Å². The molecular weight excluding hydrogens is 195 g/mol. The molecule has 0 spiro atoms. The Morgan fingerprint density at radius 1 is 1.29 bits per heavy atom. The van der Waals surface area contributed by atoms with E-state index in [2.05, 4.69) is 5.32 Å². The summed E-state index contributed by atoms with van der Waals surface area (Å²) in [6.07, 6.45) is -2.70. The van der Waals surface area contributed by atoms with Gasteiger partial charge in [0.15, 0.2) is 0 Å². The summed E-state index contributed by atoms with van der Waals surface area (Å²) in [5.41, 5.74) is 0. The third kappa shape index (κ3) is 4.91. The standard InChI is InChI=1S/C9H12F3NO/c10-9(11,12)4-6-13-5-3-8-2-1-7-14-8/h1-2,7,13H,3-6H2. The van der Waals surface area contributed by atoms with E-state index in [0.717, 1.165) is 5.76 Å². The van der Waals surface area contributed by atoms with E-state index in [1.165, 1.54) is 0 Å². The molecule has 0 fully saturated rings. The van der Waals surface area contributed by atoms with Gasteiger partial charge in [-0.1, -0.05) is 0 Å². The SMILES string of the molecule is FC(F)(F)CCNCCc1ccco1. The molecular formula is C9H12F3NO. The van der Waals surface area contributed by atoms with Crippen LogP contribution in [-0.2, 0) is 6.42 Å². The summed E-state index contributed by atoms with van der Waals surface area (Å²) in [6, 6.07) is 3.55. The predicted octanol–water partition coefficient (Wildman–Crippen LogP) is 2.36. The quantitative estimate of drug-likeness (QED) is 0.750. The molecule has 1 aromatic rings. The van der Waals surface area contributed by atoms with Crippen molar-refractivity contribution >= 4 is 0 Å². The normalized spacial score (nSPS) is 11.9. The molecule has 0 saturated heterocycles. The maximum atomic E-state index is 11.7. The Labute approximate surface area is 80.1 Å². The second-order valence-electron chi connectivity index (χ2n) is 2.94. The molecule has 0 aromatic carbocycles. The molecule has 5 heteroatoms. The molecule has 1 aromatic heterocycles. The van der Waals surface area contributed by atoms with Gasteiger partial charge in [-0.2, -0.15) is 13.2 Å². The van der Waals surface area contributed by atoms with E-state index >= 15 is 0 Å². The van der Waals surface area contributed by atoms with Crippen LogP contribution in [0.3, 0.4) is 0 Å². The number of nitrogens with one attached hydrogen (secondary N) is 1. The van der Waals surface area contributed by atoms with Crippen molar-refractivity contribution in [3.05, 3.63) is 24.2 Å². The lowest BCUT2D eigenvalue weighted by atomic mass is 10.3. The lowest BCUT2D eigenvalue weighted by Gasteiger charge is -2.06. The van der Waals surface area contributed by atoms with Gasteiger partial charge in [-0.25, -0.2) is 0 Å². The van der Waals surface area contributed by atoms with E-state index in [1.54, 1.807) is 18.4 Å². The topological polar surface area (TPSA) is 25.2 Å². The number of alkyl halides is 3. The van der Waals surface area contributed by atoms with Crippen LogP contribution in [0.5, 0.6) is 0 Å². The number of halogens is 3. The van der Waals surface area contributed by atoms with E-state index in [-0.39, 0.29) is 6.54 Å². The highest BCUT2D eigenvalue weighted by Crippen LogP contribution is 2.17. The molecule has 0 amide bonds. The van der Waals surface area contributed by atoms with Gasteiger partial charge in [0.05, 0.1) is 12.7 Å². The number of furan rings is 1. The van der Waals surface area contributed by atoms with Crippen molar-refractivity contribution in [2.24, 2.45) is 0 Å². The summed E-state index contributed by atoms with van der Waals surface area (Å²) < 4.78 is 40.1. The van der Waals surface area contributed by atoms with E-state index in [1.807, 2.05) is 0 Å². The zero-order valence-electron chi connectivity index (χ0n) is 7.60. The molecule has 80 valence electrons. The van der Waals surface area contributed by atoms with Gasteiger partial charge in [-0.05, 0) is 12.1 Å². The molecule has 14 heavy (non-hydrogen) atoms. The largest absolute Gasteiger partial charge is 0.469 e. The highest BCUT2D eigenvalue weighted by Gasteiger charge is 2.25. The fraction of sp³-hybridized carbons (Fsp3) is 0.556. The van der Waals surface area contributed by atoms with Gasteiger partial charge in [-0.15, -0.1) is 0 Å². The van der Waals surface area contributed by atoms with Crippen molar-refractivity contribution in [3.8, 4) is 0 Å². The molecule has 1 heterocycles. The first-order valence-electron chi connectivity index (χ1n) is 4.38. The van der Waals surface area contributed by atoms with Crippen LogP contribution in [0.1, 0.15) is 12.2 Å². The molecule has 0 aliphatic carbocycles. The lowest BCUT2D eigenvalue weighted by Crippen LogP contribution is -2.23. The summed E-state index contributed by atoms with van der Waals surface area (Å²) in [5.74, 6) is 0.782. The second kappa shape index (κ2) is 5.05. The molecule has 2 nitrogen and oxygen atoms in total. The maximum Gasteiger partial charge on any atom is 0.390 e. The Kier molecular flexibility index (Phi) is 4.00. The summed E-state index contributed by atoms with van der Waals surface area (Å²) in [5, 5.41) is 2.70. The van der Waals surface area contributed by atoms with E-state index in [9.17, 15) is 13.2 Å². The van der Waals surface area contributed by atoms with Crippen molar-refractivity contribution in [2.75, 3.05) is 13.1 Å². The van der Waals surface area contributed by atoms with Crippen LogP contribution < -0.4 is 5.32 Å². The van der Waals surface area contributed by atoms with Crippen molar-refractivity contribution in [1.29, 1.82) is 0 Å². The predicted molar refractivity (Wildman–Crippen MR) is 46.0 cm³/mol. The van der Waals surface area contributed by atoms with Crippen LogP contribution in [0.2, 0.25) is 0 Å². The maximum absolute atomic E-state index is 11.7. The highest BCUT2D eigenvalue weighted by atomic mass is 19.4. The Bertz CT molecular complexity index is 243. The molecule has 0 aliphatic rings. The Morgan fingerprint density at radius 3 is 2.64 bits per heavy atom. The molecule has 0 radical (unpaired) electrons. The average molecular weight is 207 g/mol. The van der Waals surface area contributed by atoms with E-state index in [4.69, 9.17) is 4.42 Å². The zero-order chi connectivity index (χ0) is 10.4. The Hall–Kier alpha value is -0.970. The second-order valence-corrected chi connectivity index (χ2v) is 2.94. The average Bonchev–Trinajstić information content (AvgIpc) is 2.54. The zero-order valence-corrected chi connectivity index (χ0v) is 7.60.